The van der Waals surface area contributed by atoms with Crippen LogP contribution in [-0.4, -0.2) is 54.7 Å². The molecule has 0 spiro atoms. The predicted molar refractivity (Wildman–Crippen MR) is 110 cm³/mol. The molecule has 0 unspecified atom stereocenters. The Bertz CT molecular complexity index is 816. The molecule has 0 bridgehead atoms. The maximum atomic E-state index is 12.4. The lowest BCUT2D eigenvalue weighted by Crippen LogP contribution is -2.42. The van der Waals surface area contributed by atoms with E-state index >= 15 is 0 Å². The molecule has 2 N–H and O–H groups in total. The van der Waals surface area contributed by atoms with Crippen molar-refractivity contribution in [3.63, 3.8) is 0 Å². The van der Waals surface area contributed by atoms with Gasteiger partial charge in [-0.05, 0) is 56.2 Å². The normalized spacial score (nSPS) is 14.2. The van der Waals surface area contributed by atoms with Gasteiger partial charge in [-0.3, -0.25) is 4.79 Å². The SMILES string of the molecule is CCOC(=O)N1CCC(Nc2ccc(C(=O)Nc3ccc(OC)cc3)cn2)CC1. The van der Waals surface area contributed by atoms with Crippen LogP contribution >= 0.6 is 0 Å². The first-order valence-corrected chi connectivity index (χ1v) is 9.68. The van der Waals surface area contributed by atoms with Gasteiger partial charge in [0.1, 0.15) is 11.6 Å². The molecule has 0 radical (unpaired) electrons. The van der Waals surface area contributed by atoms with Crippen molar-refractivity contribution >= 4 is 23.5 Å². The zero-order chi connectivity index (χ0) is 20.6. The van der Waals surface area contributed by atoms with E-state index in [1.165, 1.54) is 0 Å². The Kier molecular flexibility index (Phi) is 6.89. The molecular weight excluding hydrogens is 372 g/mol. The van der Waals surface area contributed by atoms with Gasteiger partial charge in [-0.25, -0.2) is 9.78 Å². The Hall–Kier alpha value is -3.29. The van der Waals surface area contributed by atoms with Gasteiger partial charge < -0.3 is 25.0 Å². The zero-order valence-electron chi connectivity index (χ0n) is 16.7. The standard InChI is InChI=1S/C21H26N4O4/c1-3-29-21(27)25-12-10-17(11-13-25)23-19-9-4-15(14-22-19)20(26)24-16-5-7-18(28-2)8-6-16/h4-9,14,17H,3,10-13H2,1-2H3,(H,22,23)(H,24,26). The molecule has 1 fully saturated rings. The zero-order valence-corrected chi connectivity index (χ0v) is 16.7. The quantitative estimate of drug-likeness (QED) is 0.775. The number of nitrogens with zero attached hydrogens (tertiary/aromatic N) is 2. The van der Waals surface area contributed by atoms with Crippen molar-refractivity contribution in [2.24, 2.45) is 0 Å². The van der Waals surface area contributed by atoms with Crippen LogP contribution in [0.3, 0.4) is 0 Å². The van der Waals surface area contributed by atoms with Gasteiger partial charge in [0.2, 0.25) is 0 Å². The third-order valence-corrected chi connectivity index (χ3v) is 4.75. The number of likely N-dealkylation sites (tertiary alicyclic amines) is 1. The van der Waals surface area contributed by atoms with Crippen molar-refractivity contribution in [2.75, 3.05) is 37.4 Å². The molecule has 1 aromatic carbocycles. The maximum absolute atomic E-state index is 12.4. The van der Waals surface area contributed by atoms with Crippen molar-refractivity contribution in [3.8, 4) is 5.75 Å². The van der Waals surface area contributed by atoms with E-state index in [0.29, 0.717) is 36.8 Å². The third kappa shape index (κ3) is 5.60. The van der Waals surface area contributed by atoms with Crippen LogP contribution in [0.2, 0.25) is 0 Å². The van der Waals surface area contributed by atoms with Gasteiger partial charge in [0.05, 0.1) is 19.3 Å². The van der Waals surface area contributed by atoms with E-state index in [-0.39, 0.29) is 18.0 Å². The molecule has 8 nitrogen and oxygen atoms in total. The van der Waals surface area contributed by atoms with Crippen LogP contribution in [0.5, 0.6) is 5.75 Å². The van der Waals surface area contributed by atoms with Gasteiger partial charge in [-0.1, -0.05) is 0 Å². The molecule has 1 saturated heterocycles. The summed E-state index contributed by atoms with van der Waals surface area (Å²) in [6.45, 7) is 3.50. The number of amides is 2. The Morgan fingerprint density at radius 1 is 1.14 bits per heavy atom. The summed E-state index contributed by atoms with van der Waals surface area (Å²) in [5.74, 6) is 1.21. The summed E-state index contributed by atoms with van der Waals surface area (Å²) in [7, 11) is 1.60. The monoisotopic (exact) mass is 398 g/mol. The number of hydrogen-bond acceptors (Lipinski definition) is 6. The number of carbonyl (C=O) groups is 2. The van der Waals surface area contributed by atoms with Gasteiger partial charge >= 0.3 is 6.09 Å². The Balaban J connectivity index is 1.49. The molecule has 1 aromatic heterocycles. The molecule has 0 atom stereocenters. The number of anilines is 2. The molecule has 1 aliphatic heterocycles. The van der Waals surface area contributed by atoms with Crippen LogP contribution in [0.25, 0.3) is 0 Å². The van der Waals surface area contributed by atoms with Crippen molar-refractivity contribution in [1.29, 1.82) is 0 Å². The fourth-order valence-electron chi connectivity index (χ4n) is 3.12. The fourth-order valence-corrected chi connectivity index (χ4v) is 3.12. The minimum absolute atomic E-state index is 0.225. The smallest absolute Gasteiger partial charge is 0.409 e. The average molecular weight is 398 g/mol. The van der Waals surface area contributed by atoms with Gasteiger partial charge in [0.25, 0.3) is 5.91 Å². The van der Waals surface area contributed by atoms with Gasteiger partial charge in [-0.2, -0.15) is 0 Å². The third-order valence-electron chi connectivity index (χ3n) is 4.75. The highest BCUT2D eigenvalue weighted by molar-refractivity contribution is 6.04. The van der Waals surface area contributed by atoms with E-state index in [0.717, 1.165) is 18.6 Å². The van der Waals surface area contributed by atoms with Crippen LogP contribution in [0.15, 0.2) is 42.6 Å². The number of methoxy groups -OCH3 is 1. The van der Waals surface area contributed by atoms with Gasteiger partial charge in [0, 0.05) is 31.0 Å². The fraction of sp³-hybridized carbons (Fsp3) is 0.381. The molecule has 1 aliphatic rings. The predicted octanol–water partition coefficient (Wildman–Crippen LogP) is 3.38. The second-order valence-corrected chi connectivity index (χ2v) is 6.72. The van der Waals surface area contributed by atoms with E-state index in [2.05, 4.69) is 15.6 Å². The van der Waals surface area contributed by atoms with E-state index < -0.39 is 0 Å². The highest BCUT2D eigenvalue weighted by Gasteiger charge is 2.23. The first-order valence-electron chi connectivity index (χ1n) is 9.68. The van der Waals surface area contributed by atoms with E-state index in [4.69, 9.17) is 9.47 Å². The Morgan fingerprint density at radius 2 is 1.86 bits per heavy atom. The number of aromatic nitrogens is 1. The molecule has 8 heteroatoms. The number of benzene rings is 1. The minimum Gasteiger partial charge on any atom is -0.497 e. The number of pyridine rings is 1. The summed E-state index contributed by atoms with van der Waals surface area (Å²) >= 11 is 0. The molecule has 29 heavy (non-hydrogen) atoms. The Morgan fingerprint density at radius 3 is 2.45 bits per heavy atom. The number of carbonyl (C=O) groups excluding carboxylic acids is 2. The lowest BCUT2D eigenvalue weighted by molar-refractivity contribution is 0.0982. The number of ether oxygens (including phenoxy) is 2. The number of piperidine rings is 1. The summed E-state index contributed by atoms with van der Waals surface area (Å²) in [5.41, 5.74) is 1.16. The van der Waals surface area contributed by atoms with E-state index in [1.54, 1.807) is 61.5 Å². The largest absolute Gasteiger partial charge is 0.497 e. The molecule has 2 aromatic rings. The van der Waals surface area contributed by atoms with Crippen LogP contribution in [0.4, 0.5) is 16.3 Å². The van der Waals surface area contributed by atoms with Crippen LogP contribution < -0.4 is 15.4 Å². The molecule has 2 amide bonds. The average Bonchev–Trinajstić information content (AvgIpc) is 2.75. The van der Waals surface area contributed by atoms with Crippen molar-refractivity contribution in [1.82, 2.24) is 9.88 Å². The van der Waals surface area contributed by atoms with Crippen molar-refractivity contribution in [3.05, 3.63) is 48.2 Å². The van der Waals surface area contributed by atoms with Crippen molar-refractivity contribution < 1.29 is 19.1 Å². The lowest BCUT2D eigenvalue weighted by atomic mass is 10.1. The highest BCUT2D eigenvalue weighted by Crippen LogP contribution is 2.18. The highest BCUT2D eigenvalue weighted by atomic mass is 16.6. The van der Waals surface area contributed by atoms with Crippen molar-refractivity contribution in [2.45, 2.75) is 25.8 Å². The number of rotatable bonds is 6. The number of nitrogens with one attached hydrogen (secondary N) is 2. The van der Waals surface area contributed by atoms with Crippen LogP contribution in [0.1, 0.15) is 30.1 Å². The second kappa shape index (κ2) is 9.77. The van der Waals surface area contributed by atoms with E-state index in [9.17, 15) is 9.59 Å². The van der Waals surface area contributed by atoms with Gasteiger partial charge in [-0.15, -0.1) is 0 Å². The Labute approximate surface area is 170 Å². The van der Waals surface area contributed by atoms with Gasteiger partial charge in [0.15, 0.2) is 0 Å². The first kappa shape index (κ1) is 20.4. The summed E-state index contributed by atoms with van der Waals surface area (Å²) < 4.78 is 10.1. The molecule has 0 saturated carbocycles. The summed E-state index contributed by atoms with van der Waals surface area (Å²) in [5, 5.41) is 6.20. The van der Waals surface area contributed by atoms with E-state index in [1.807, 2.05) is 0 Å². The first-order chi connectivity index (χ1) is 14.1. The number of hydrogen-bond donors (Lipinski definition) is 2. The minimum atomic E-state index is -0.253. The summed E-state index contributed by atoms with van der Waals surface area (Å²) in [6.07, 6.45) is 2.94. The summed E-state index contributed by atoms with van der Waals surface area (Å²) in [6, 6.07) is 10.9. The molecule has 2 heterocycles. The lowest BCUT2D eigenvalue weighted by Gasteiger charge is -2.31. The summed E-state index contributed by atoms with van der Waals surface area (Å²) in [4.78, 5) is 30.2. The second-order valence-electron chi connectivity index (χ2n) is 6.72. The molecule has 3 rings (SSSR count). The topological polar surface area (TPSA) is 92.8 Å². The molecule has 0 aliphatic carbocycles. The molecule has 154 valence electrons. The van der Waals surface area contributed by atoms with Crippen LogP contribution in [-0.2, 0) is 4.74 Å². The molecular formula is C21H26N4O4. The maximum Gasteiger partial charge on any atom is 0.409 e. The van der Waals surface area contributed by atoms with Crippen LogP contribution in [0, 0.1) is 0 Å².